The molecule has 0 aromatic heterocycles. The van der Waals surface area contributed by atoms with E-state index in [-0.39, 0.29) is 5.91 Å². The van der Waals surface area contributed by atoms with Crippen molar-refractivity contribution in [2.24, 2.45) is 5.10 Å². The van der Waals surface area contributed by atoms with E-state index in [1.807, 2.05) is 12.1 Å². The number of halogens is 1. The van der Waals surface area contributed by atoms with Gasteiger partial charge in [-0.25, -0.2) is 5.43 Å². The number of ether oxygens (including phenoxy) is 4. The van der Waals surface area contributed by atoms with Gasteiger partial charge in [0.2, 0.25) is 5.75 Å². The normalized spacial score (nSPS) is 10.6. The number of amides is 1. The summed E-state index contributed by atoms with van der Waals surface area (Å²) < 4.78 is 21.6. The van der Waals surface area contributed by atoms with Gasteiger partial charge in [-0.2, -0.15) is 5.10 Å². The third kappa shape index (κ3) is 5.92. The van der Waals surface area contributed by atoms with Crippen LogP contribution in [0, 0.1) is 0 Å². The fourth-order valence-corrected chi connectivity index (χ4v) is 2.98. The second-order valence-corrected chi connectivity index (χ2v) is 7.03. The molecule has 0 unspecified atom stereocenters. The summed E-state index contributed by atoms with van der Waals surface area (Å²) in [6.45, 7) is 0.378. The first-order chi connectivity index (χ1) is 15.5. The lowest BCUT2D eigenvalue weighted by atomic mass is 10.1. The first-order valence-corrected chi connectivity index (χ1v) is 10.0. The van der Waals surface area contributed by atoms with Crippen molar-refractivity contribution in [3.05, 3.63) is 82.4 Å². The molecular formula is C24H23ClN2O5. The van der Waals surface area contributed by atoms with E-state index < -0.39 is 0 Å². The minimum Gasteiger partial charge on any atom is -0.493 e. The molecule has 32 heavy (non-hydrogen) atoms. The van der Waals surface area contributed by atoms with Gasteiger partial charge in [0.05, 0.1) is 27.5 Å². The minimum absolute atomic E-state index is 0.334. The Morgan fingerprint density at radius 2 is 1.56 bits per heavy atom. The smallest absolute Gasteiger partial charge is 0.271 e. The van der Waals surface area contributed by atoms with E-state index in [9.17, 15) is 4.79 Å². The molecule has 0 saturated heterocycles. The third-order valence-corrected chi connectivity index (χ3v) is 4.75. The van der Waals surface area contributed by atoms with Crippen LogP contribution in [-0.4, -0.2) is 33.5 Å². The zero-order valence-corrected chi connectivity index (χ0v) is 18.7. The molecule has 166 valence electrons. The summed E-state index contributed by atoms with van der Waals surface area (Å²) in [5, 5.41) is 4.67. The summed E-state index contributed by atoms with van der Waals surface area (Å²) in [7, 11) is 4.59. The molecule has 7 nitrogen and oxygen atoms in total. The molecule has 0 aliphatic carbocycles. The van der Waals surface area contributed by atoms with Gasteiger partial charge in [-0.05, 0) is 54.1 Å². The SMILES string of the molecule is COc1cc(/C=N/NC(=O)c2ccc(COc3ccc(Cl)cc3)cc2)cc(OC)c1OC. The van der Waals surface area contributed by atoms with Crippen LogP contribution < -0.4 is 24.4 Å². The highest BCUT2D eigenvalue weighted by Gasteiger charge is 2.12. The maximum Gasteiger partial charge on any atom is 0.271 e. The number of hydrogen-bond acceptors (Lipinski definition) is 6. The van der Waals surface area contributed by atoms with Crippen LogP contribution in [0.3, 0.4) is 0 Å². The summed E-state index contributed by atoms with van der Waals surface area (Å²) >= 11 is 5.87. The van der Waals surface area contributed by atoms with Crippen molar-refractivity contribution in [2.45, 2.75) is 6.61 Å². The molecule has 0 saturated carbocycles. The zero-order valence-electron chi connectivity index (χ0n) is 17.9. The van der Waals surface area contributed by atoms with Crippen LogP contribution in [0.5, 0.6) is 23.0 Å². The van der Waals surface area contributed by atoms with Gasteiger partial charge in [0.15, 0.2) is 11.5 Å². The molecule has 1 amide bonds. The number of benzene rings is 3. The van der Waals surface area contributed by atoms with Gasteiger partial charge in [-0.3, -0.25) is 4.79 Å². The number of carbonyl (C=O) groups is 1. The Kier molecular flexibility index (Phi) is 7.94. The van der Waals surface area contributed by atoms with Crippen LogP contribution in [0.2, 0.25) is 5.02 Å². The molecule has 0 spiro atoms. The van der Waals surface area contributed by atoms with E-state index in [1.54, 1.807) is 48.5 Å². The largest absolute Gasteiger partial charge is 0.493 e. The molecule has 0 heterocycles. The second kappa shape index (κ2) is 11.1. The molecule has 3 aromatic carbocycles. The van der Waals surface area contributed by atoms with Crippen LogP contribution in [0.25, 0.3) is 0 Å². The Morgan fingerprint density at radius 1 is 0.938 bits per heavy atom. The maximum absolute atomic E-state index is 12.4. The van der Waals surface area contributed by atoms with Crippen molar-refractivity contribution >= 4 is 23.7 Å². The highest BCUT2D eigenvalue weighted by Crippen LogP contribution is 2.37. The van der Waals surface area contributed by atoms with Gasteiger partial charge in [0.25, 0.3) is 5.91 Å². The molecule has 0 bridgehead atoms. The standard InChI is InChI=1S/C24H23ClN2O5/c1-29-21-12-17(13-22(30-2)23(21)31-3)14-26-27-24(28)18-6-4-16(5-7-18)15-32-20-10-8-19(25)9-11-20/h4-14H,15H2,1-3H3,(H,27,28)/b26-14+. The van der Waals surface area contributed by atoms with Crippen molar-refractivity contribution in [3.8, 4) is 23.0 Å². The Hall–Kier alpha value is -3.71. The quantitative estimate of drug-likeness (QED) is 0.374. The molecule has 8 heteroatoms. The number of nitrogens with one attached hydrogen (secondary N) is 1. The molecule has 0 aliphatic rings. The van der Waals surface area contributed by atoms with Crippen LogP contribution >= 0.6 is 11.6 Å². The lowest BCUT2D eigenvalue weighted by Gasteiger charge is -2.12. The lowest BCUT2D eigenvalue weighted by Crippen LogP contribution is -2.17. The lowest BCUT2D eigenvalue weighted by molar-refractivity contribution is 0.0955. The predicted molar refractivity (Wildman–Crippen MR) is 123 cm³/mol. The molecule has 0 fully saturated rings. The summed E-state index contributed by atoms with van der Waals surface area (Å²) in [6.07, 6.45) is 1.50. The van der Waals surface area contributed by atoms with E-state index in [0.29, 0.717) is 40.0 Å². The van der Waals surface area contributed by atoms with Crippen LogP contribution in [0.1, 0.15) is 21.5 Å². The van der Waals surface area contributed by atoms with E-state index in [2.05, 4.69) is 10.5 Å². The topological polar surface area (TPSA) is 78.4 Å². The number of nitrogens with zero attached hydrogens (tertiary/aromatic N) is 1. The Morgan fingerprint density at radius 3 is 2.12 bits per heavy atom. The Bertz CT molecular complexity index is 1060. The number of methoxy groups -OCH3 is 3. The summed E-state index contributed by atoms with van der Waals surface area (Å²) in [5.74, 6) is 1.86. The maximum atomic E-state index is 12.4. The number of hydrogen-bond donors (Lipinski definition) is 1. The predicted octanol–water partition coefficient (Wildman–Crippen LogP) is 4.71. The van der Waals surface area contributed by atoms with E-state index in [1.165, 1.54) is 27.5 Å². The Balaban J connectivity index is 1.59. The number of rotatable bonds is 9. The van der Waals surface area contributed by atoms with Gasteiger partial charge in [-0.1, -0.05) is 23.7 Å². The molecule has 0 atom stereocenters. The first-order valence-electron chi connectivity index (χ1n) is 9.64. The Labute approximate surface area is 191 Å². The van der Waals surface area contributed by atoms with E-state index >= 15 is 0 Å². The monoisotopic (exact) mass is 454 g/mol. The third-order valence-electron chi connectivity index (χ3n) is 4.50. The van der Waals surface area contributed by atoms with E-state index in [4.69, 9.17) is 30.5 Å². The molecular weight excluding hydrogens is 432 g/mol. The van der Waals surface area contributed by atoms with Crippen LogP contribution in [-0.2, 0) is 6.61 Å². The van der Waals surface area contributed by atoms with Crippen molar-refractivity contribution in [1.82, 2.24) is 5.43 Å². The van der Waals surface area contributed by atoms with Gasteiger partial charge < -0.3 is 18.9 Å². The molecule has 0 aliphatic heterocycles. The minimum atomic E-state index is -0.334. The van der Waals surface area contributed by atoms with Crippen molar-refractivity contribution in [1.29, 1.82) is 0 Å². The summed E-state index contributed by atoms with van der Waals surface area (Å²) in [5.41, 5.74) is 4.59. The summed E-state index contributed by atoms with van der Waals surface area (Å²) in [6, 6.07) is 17.7. The van der Waals surface area contributed by atoms with Crippen molar-refractivity contribution in [2.75, 3.05) is 21.3 Å². The van der Waals surface area contributed by atoms with Crippen molar-refractivity contribution < 1.29 is 23.7 Å². The average Bonchev–Trinajstić information content (AvgIpc) is 2.83. The second-order valence-electron chi connectivity index (χ2n) is 6.60. The number of carbonyl (C=O) groups excluding carboxylic acids is 1. The fraction of sp³-hybridized carbons (Fsp3) is 0.167. The van der Waals surface area contributed by atoms with Crippen molar-refractivity contribution in [3.63, 3.8) is 0 Å². The first kappa shape index (κ1) is 23.0. The van der Waals surface area contributed by atoms with Gasteiger partial charge in [0, 0.05) is 16.1 Å². The van der Waals surface area contributed by atoms with Crippen LogP contribution in [0.15, 0.2) is 65.8 Å². The zero-order chi connectivity index (χ0) is 22.9. The van der Waals surface area contributed by atoms with Crippen LogP contribution in [0.4, 0.5) is 0 Å². The molecule has 0 radical (unpaired) electrons. The molecule has 1 N–H and O–H groups in total. The van der Waals surface area contributed by atoms with Gasteiger partial charge in [-0.15, -0.1) is 0 Å². The fourth-order valence-electron chi connectivity index (χ4n) is 2.86. The average molecular weight is 455 g/mol. The molecule has 3 rings (SSSR count). The van der Waals surface area contributed by atoms with Gasteiger partial charge >= 0.3 is 0 Å². The van der Waals surface area contributed by atoms with Gasteiger partial charge in [0.1, 0.15) is 12.4 Å². The number of hydrazone groups is 1. The highest BCUT2D eigenvalue weighted by atomic mass is 35.5. The van der Waals surface area contributed by atoms with E-state index in [0.717, 1.165) is 11.3 Å². The highest BCUT2D eigenvalue weighted by molar-refractivity contribution is 6.30. The molecule has 3 aromatic rings. The summed E-state index contributed by atoms with van der Waals surface area (Å²) in [4.78, 5) is 12.4.